The van der Waals surface area contributed by atoms with Crippen molar-refractivity contribution in [1.82, 2.24) is 0 Å². The molecule has 72 valence electrons. The van der Waals surface area contributed by atoms with E-state index in [-0.39, 0.29) is 0 Å². The molecule has 0 heterocycles. The molecule has 0 aromatic heterocycles. The van der Waals surface area contributed by atoms with E-state index in [9.17, 15) is 4.79 Å². The maximum Gasteiger partial charge on any atom is 0.150 e. The molecule has 1 aromatic carbocycles. The van der Waals surface area contributed by atoms with Crippen molar-refractivity contribution in [2.24, 2.45) is 0 Å². The average Bonchev–Trinajstić information content (AvgIpc) is 2.58. The lowest BCUT2D eigenvalue weighted by molar-refractivity contribution is 0.112. The number of carbonyl (C=O) groups excluding carboxylic acids is 1. The number of hydrogen-bond donors (Lipinski definition) is 0. The van der Waals surface area contributed by atoms with E-state index in [4.69, 9.17) is 0 Å². The van der Waals surface area contributed by atoms with Gasteiger partial charge in [0.05, 0.1) is 0 Å². The van der Waals surface area contributed by atoms with Crippen LogP contribution in [0.4, 0.5) is 0 Å². The fourth-order valence-corrected chi connectivity index (χ4v) is 1.40. The van der Waals surface area contributed by atoms with Crippen LogP contribution in [-0.4, -0.2) is 6.29 Å². The largest absolute Gasteiger partial charge is 0.298 e. The minimum absolute atomic E-state index is 0.700. The minimum atomic E-state index is 0.700. The van der Waals surface area contributed by atoms with Crippen LogP contribution in [-0.2, 0) is 0 Å². The Morgan fingerprint density at radius 3 is 2.60 bits per heavy atom. The lowest BCUT2D eigenvalue weighted by Gasteiger charge is -2.01. The zero-order valence-electron chi connectivity index (χ0n) is 8.18. The SMILES string of the molecule is O=Cc1ccc(C2=CC=C=CC=C2)cc1. The van der Waals surface area contributed by atoms with E-state index in [1.54, 1.807) is 0 Å². The van der Waals surface area contributed by atoms with Gasteiger partial charge in [-0.05, 0) is 29.4 Å². The highest BCUT2D eigenvalue weighted by molar-refractivity contribution is 5.79. The summed E-state index contributed by atoms with van der Waals surface area (Å²) in [5, 5.41) is 0. The highest BCUT2D eigenvalue weighted by Crippen LogP contribution is 2.17. The molecule has 0 N–H and O–H groups in total. The molecule has 0 saturated heterocycles. The summed E-state index contributed by atoms with van der Waals surface area (Å²) in [7, 11) is 0. The second kappa shape index (κ2) is 4.41. The van der Waals surface area contributed by atoms with Crippen molar-refractivity contribution in [3.63, 3.8) is 0 Å². The highest BCUT2D eigenvalue weighted by Gasteiger charge is 1.97. The van der Waals surface area contributed by atoms with Crippen LogP contribution in [0.1, 0.15) is 15.9 Å². The first-order valence-corrected chi connectivity index (χ1v) is 4.75. The van der Waals surface area contributed by atoms with Crippen molar-refractivity contribution in [3.8, 4) is 0 Å². The van der Waals surface area contributed by atoms with E-state index < -0.39 is 0 Å². The Labute approximate surface area is 88.7 Å². The third-order valence-electron chi connectivity index (χ3n) is 2.21. The maximum atomic E-state index is 10.5. The first-order chi connectivity index (χ1) is 7.40. The summed E-state index contributed by atoms with van der Waals surface area (Å²) in [4.78, 5) is 10.5. The maximum absolute atomic E-state index is 10.5. The summed E-state index contributed by atoms with van der Waals surface area (Å²) < 4.78 is 0. The van der Waals surface area contributed by atoms with Crippen LogP contribution >= 0.6 is 0 Å². The number of aldehydes is 1. The van der Waals surface area contributed by atoms with Gasteiger partial charge in [0.15, 0.2) is 0 Å². The monoisotopic (exact) mass is 194 g/mol. The summed E-state index contributed by atoms with van der Waals surface area (Å²) in [6.45, 7) is 0. The Morgan fingerprint density at radius 1 is 1.07 bits per heavy atom. The van der Waals surface area contributed by atoms with Gasteiger partial charge in [0.25, 0.3) is 0 Å². The van der Waals surface area contributed by atoms with Crippen molar-refractivity contribution in [3.05, 3.63) is 71.5 Å². The predicted octanol–water partition coefficient (Wildman–Crippen LogP) is 3.16. The van der Waals surface area contributed by atoms with Crippen LogP contribution in [0.2, 0.25) is 0 Å². The zero-order valence-corrected chi connectivity index (χ0v) is 8.18. The zero-order chi connectivity index (χ0) is 10.5. The van der Waals surface area contributed by atoms with Gasteiger partial charge in [0.1, 0.15) is 6.29 Å². The molecule has 2 rings (SSSR count). The Balaban J connectivity index is 2.34. The molecule has 1 aromatic rings. The smallest absolute Gasteiger partial charge is 0.150 e. The van der Waals surface area contributed by atoms with Crippen LogP contribution in [0.25, 0.3) is 5.57 Å². The molecule has 1 nitrogen and oxygen atoms in total. The quantitative estimate of drug-likeness (QED) is 0.522. The van der Waals surface area contributed by atoms with E-state index in [2.05, 4.69) is 5.73 Å². The first-order valence-electron chi connectivity index (χ1n) is 4.75. The van der Waals surface area contributed by atoms with Gasteiger partial charge in [0, 0.05) is 5.56 Å². The summed E-state index contributed by atoms with van der Waals surface area (Å²) in [6.07, 6.45) is 10.6. The van der Waals surface area contributed by atoms with Crippen LogP contribution in [0.3, 0.4) is 0 Å². The van der Waals surface area contributed by atoms with Gasteiger partial charge >= 0.3 is 0 Å². The Kier molecular flexibility index (Phi) is 2.77. The normalized spacial score (nSPS) is 13.5. The second-order valence-corrected chi connectivity index (χ2v) is 3.22. The van der Waals surface area contributed by atoms with Gasteiger partial charge in [-0.25, -0.2) is 0 Å². The van der Waals surface area contributed by atoms with Gasteiger partial charge in [-0.1, -0.05) is 36.4 Å². The number of benzene rings is 1. The van der Waals surface area contributed by atoms with Crippen molar-refractivity contribution >= 4 is 11.9 Å². The van der Waals surface area contributed by atoms with Crippen molar-refractivity contribution in [1.29, 1.82) is 0 Å². The fraction of sp³-hybridized carbons (Fsp3) is 0. The number of carbonyl (C=O) groups is 1. The standard InChI is InChI=1S/C14H10O/c15-11-12-7-9-14(10-8-12)13-5-3-1-2-4-6-13/h1,3-11H. The van der Waals surface area contributed by atoms with E-state index in [0.717, 1.165) is 17.4 Å². The Hall–Kier alpha value is -2.11. The van der Waals surface area contributed by atoms with Gasteiger partial charge in [-0.3, -0.25) is 4.79 Å². The number of hydrogen-bond acceptors (Lipinski definition) is 1. The minimum Gasteiger partial charge on any atom is -0.298 e. The first kappa shape index (κ1) is 9.45. The average molecular weight is 194 g/mol. The Bertz CT molecular complexity index is 481. The van der Waals surface area contributed by atoms with Gasteiger partial charge in [0.2, 0.25) is 0 Å². The summed E-state index contributed by atoms with van der Waals surface area (Å²) in [6, 6.07) is 7.52. The molecule has 1 aliphatic rings. The summed E-state index contributed by atoms with van der Waals surface area (Å²) in [5.41, 5.74) is 5.92. The molecule has 0 spiro atoms. The molecule has 0 radical (unpaired) electrons. The molecule has 1 heteroatoms. The number of rotatable bonds is 2. The van der Waals surface area contributed by atoms with E-state index in [1.807, 2.05) is 54.6 Å². The molecule has 0 aliphatic heterocycles. The molecule has 1 aliphatic carbocycles. The summed E-state index contributed by atoms with van der Waals surface area (Å²) in [5.74, 6) is 0. The van der Waals surface area contributed by atoms with Crippen LogP contribution < -0.4 is 0 Å². The van der Waals surface area contributed by atoms with Crippen LogP contribution in [0, 0.1) is 0 Å². The van der Waals surface area contributed by atoms with E-state index >= 15 is 0 Å². The molecule has 0 fully saturated rings. The van der Waals surface area contributed by atoms with Gasteiger partial charge in [-0.15, -0.1) is 5.73 Å². The van der Waals surface area contributed by atoms with E-state index in [1.165, 1.54) is 0 Å². The van der Waals surface area contributed by atoms with Crippen molar-refractivity contribution < 1.29 is 4.79 Å². The molecule has 0 saturated carbocycles. The molecule has 0 bridgehead atoms. The highest BCUT2D eigenvalue weighted by atomic mass is 16.1. The van der Waals surface area contributed by atoms with Crippen LogP contribution in [0.5, 0.6) is 0 Å². The topological polar surface area (TPSA) is 17.1 Å². The fourth-order valence-electron chi connectivity index (χ4n) is 1.40. The number of allylic oxidation sites excluding steroid dienone is 5. The Morgan fingerprint density at radius 2 is 1.87 bits per heavy atom. The predicted molar refractivity (Wildman–Crippen MR) is 61.6 cm³/mol. The van der Waals surface area contributed by atoms with Crippen LogP contribution in [0.15, 0.2) is 60.4 Å². The lowest BCUT2D eigenvalue weighted by Crippen LogP contribution is -1.83. The van der Waals surface area contributed by atoms with Crippen molar-refractivity contribution in [2.45, 2.75) is 0 Å². The molecule has 0 amide bonds. The lowest BCUT2D eigenvalue weighted by atomic mass is 10.0. The molecular weight excluding hydrogens is 184 g/mol. The third kappa shape index (κ3) is 2.22. The third-order valence-corrected chi connectivity index (χ3v) is 2.21. The molecule has 15 heavy (non-hydrogen) atoms. The molecule has 0 unspecified atom stereocenters. The van der Waals surface area contributed by atoms with Crippen molar-refractivity contribution in [2.75, 3.05) is 0 Å². The molecule has 0 atom stereocenters. The second-order valence-electron chi connectivity index (χ2n) is 3.22. The molecular formula is C14H10O. The van der Waals surface area contributed by atoms with Gasteiger partial charge < -0.3 is 0 Å². The van der Waals surface area contributed by atoms with Gasteiger partial charge in [-0.2, -0.15) is 0 Å². The van der Waals surface area contributed by atoms with E-state index in [0.29, 0.717) is 5.56 Å². The summed E-state index contributed by atoms with van der Waals surface area (Å²) >= 11 is 0.